The van der Waals surface area contributed by atoms with Gasteiger partial charge in [-0.3, -0.25) is 38.4 Å². The van der Waals surface area contributed by atoms with Crippen LogP contribution in [-0.4, -0.2) is 179 Å². The molecular weight excluding hydrogens is 921 g/mol. The Bertz CT molecular complexity index is 2260. The van der Waals surface area contributed by atoms with E-state index in [2.05, 4.69) is 10.6 Å². The molecule has 2 aliphatic rings. The first-order valence-electron chi connectivity index (χ1n) is 25.3. The average Bonchev–Trinajstić information content (AvgIpc) is 3.75. The van der Waals surface area contributed by atoms with Crippen molar-refractivity contribution in [3.05, 3.63) is 71.8 Å². The third-order valence-electron chi connectivity index (χ3n) is 14.6. The standard InChI is InChI=1S/C54H80N8O10/c1-16-34(7)45-53(70)60(14)44(32(4)5)54(71)72-37(10)43(56-47(64)39-25-21-18-22-26-39)52(69)59(13)41(27-31(2)3)50(67)58(12)36(9)48(65)62-30-33(6)28-42(62)51(68)57(11)35(8)46(63)55-40(49(66)61(45)15)29-38-23-19-17-20-24-38/h17-26,31-37,40-45H,16,27-30H2,1-15H3,(H,55,63)(H,56,64)/t33?,34-,35-,36-,37+,40?,41?,42-,43-,44-,45-/m0/s1. The zero-order valence-electron chi connectivity index (χ0n) is 45.1. The highest BCUT2D eigenvalue weighted by molar-refractivity contribution is 6.00. The van der Waals surface area contributed by atoms with Crippen LogP contribution in [0.15, 0.2) is 60.7 Å². The molecule has 18 heteroatoms. The van der Waals surface area contributed by atoms with Gasteiger partial charge in [0.15, 0.2) is 0 Å². The molecule has 2 aromatic carbocycles. The quantitative estimate of drug-likeness (QED) is 0.349. The molecule has 0 aromatic heterocycles. The Balaban J connectivity index is 1.91. The average molecular weight is 1000 g/mol. The molecule has 0 bridgehead atoms. The van der Waals surface area contributed by atoms with E-state index in [0.29, 0.717) is 6.42 Å². The molecule has 0 aliphatic carbocycles. The maximum Gasteiger partial charge on any atom is 0.329 e. The number of rotatable bonds is 9. The van der Waals surface area contributed by atoms with Crippen LogP contribution in [0.1, 0.15) is 104 Å². The Kier molecular flexibility index (Phi) is 20.5. The normalized spacial score (nSPS) is 28.0. The lowest BCUT2D eigenvalue weighted by atomic mass is 9.93. The van der Waals surface area contributed by atoms with Crippen LogP contribution in [0.25, 0.3) is 0 Å². The summed E-state index contributed by atoms with van der Waals surface area (Å²) in [6.45, 7) is 17.5. The van der Waals surface area contributed by atoms with Crippen LogP contribution in [0.3, 0.4) is 0 Å². The van der Waals surface area contributed by atoms with E-state index in [1.807, 2.05) is 52.8 Å². The number of ether oxygens (including phenoxy) is 1. The molecule has 2 aromatic rings. The molecule has 2 fully saturated rings. The molecule has 18 nitrogen and oxygen atoms in total. The summed E-state index contributed by atoms with van der Waals surface area (Å²) in [5.74, 6) is -6.99. The molecule has 8 amide bonds. The fourth-order valence-corrected chi connectivity index (χ4v) is 9.68. The third-order valence-corrected chi connectivity index (χ3v) is 14.6. The summed E-state index contributed by atoms with van der Waals surface area (Å²) < 4.78 is 6.10. The Morgan fingerprint density at radius 2 is 1.22 bits per heavy atom. The van der Waals surface area contributed by atoms with E-state index >= 15 is 0 Å². The topological polar surface area (TPSA) is 206 Å². The Morgan fingerprint density at radius 1 is 0.667 bits per heavy atom. The lowest BCUT2D eigenvalue weighted by Gasteiger charge is -2.39. The molecule has 2 aliphatic heterocycles. The number of nitrogens with zero attached hydrogens (tertiary/aromatic N) is 6. The highest BCUT2D eigenvalue weighted by atomic mass is 16.5. The highest BCUT2D eigenvalue weighted by Gasteiger charge is 2.46. The van der Waals surface area contributed by atoms with Gasteiger partial charge in [-0.15, -0.1) is 0 Å². The molecule has 0 radical (unpaired) electrons. The van der Waals surface area contributed by atoms with Crippen LogP contribution >= 0.6 is 0 Å². The third kappa shape index (κ3) is 13.6. The number of likely N-dealkylation sites (N-methyl/N-ethyl adjacent to an activating group) is 5. The monoisotopic (exact) mass is 1000 g/mol. The molecule has 3 unspecified atom stereocenters. The first-order valence-corrected chi connectivity index (χ1v) is 25.3. The molecule has 0 saturated carbocycles. The second kappa shape index (κ2) is 25.4. The summed E-state index contributed by atoms with van der Waals surface area (Å²) in [6, 6.07) is 7.66. The van der Waals surface area contributed by atoms with Gasteiger partial charge in [0.05, 0.1) is 0 Å². The van der Waals surface area contributed by atoms with Gasteiger partial charge in [-0.25, -0.2) is 4.79 Å². The molecule has 72 heavy (non-hydrogen) atoms. The van der Waals surface area contributed by atoms with Crippen molar-refractivity contribution in [2.45, 2.75) is 149 Å². The van der Waals surface area contributed by atoms with Gasteiger partial charge < -0.3 is 44.8 Å². The van der Waals surface area contributed by atoms with E-state index in [0.717, 1.165) is 5.56 Å². The van der Waals surface area contributed by atoms with Gasteiger partial charge in [0.2, 0.25) is 41.4 Å². The Hall–Kier alpha value is -6.33. The summed E-state index contributed by atoms with van der Waals surface area (Å²) in [4.78, 5) is 139. The molecule has 396 valence electrons. The number of nitrogens with one attached hydrogen (secondary N) is 2. The summed E-state index contributed by atoms with van der Waals surface area (Å²) in [5.41, 5.74) is 0.934. The highest BCUT2D eigenvalue weighted by Crippen LogP contribution is 2.28. The summed E-state index contributed by atoms with van der Waals surface area (Å²) in [7, 11) is 7.27. The number of hydrogen-bond acceptors (Lipinski definition) is 10. The van der Waals surface area contributed by atoms with Gasteiger partial charge in [-0.2, -0.15) is 0 Å². The summed E-state index contributed by atoms with van der Waals surface area (Å²) >= 11 is 0. The van der Waals surface area contributed by atoms with Crippen LogP contribution in [0.4, 0.5) is 0 Å². The van der Waals surface area contributed by atoms with Crippen molar-refractivity contribution in [3.63, 3.8) is 0 Å². The number of amides is 8. The summed E-state index contributed by atoms with van der Waals surface area (Å²) in [6.07, 6.45) is -0.443. The van der Waals surface area contributed by atoms with Crippen molar-refractivity contribution in [1.29, 1.82) is 0 Å². The molecule has 4 rings (SSSR count). The van der Waals surface area contributed by atoms with Crippen molar-refractivity contribution in [1.82, 2.24) is 40.0 Å². The van der Waals surface area contributed by atoms with Crippen molar-refractivity contribution in [2.24, 2.45) is 23.7 Å². The predicted molar refractivity (Wildman–Crippen MR) is 272 cm³/mol. The maximum atomic E-state index is 15.0. The van der Waals surface area contributed by atoms with Gasteiger partial charge in [0.1, 0.15) is 54.4 Å². The number of benzene rings is 2. The largest absolute Gasteiger partial charge is 0.458 e. The number of cyclic esters (lactones) is 1. The SMILES string of the molecule is CC[C@H](C)[C@H]1C(=O)N(C)[C@@H](C(C)C)C(=O)O[C@H](C)[C@H](NC(=O)c2ccccc2)C(=O)N(C)C(CC(C)C)C(=O)N(C)[C@@H](C)C(=O)N2CC(C)C[C@H]2C(=O)N(C)[C@@H](C)C(=O)NC(Cc2ccccc2)C(=O)N1C. The second-order valence-corrected chi connectivity index (χ2v) is 20.8. The van der Waals surface area contributed by atoms with E-state index in [1.165, 1.54) is 78.5 Å². The fourth-order valence-electron chi connectivity index (χ4n) is 9.68. The van der Waals surface area contributed by atoms with Gasteiger partial charge in [0.25, 0.3) is 5.91 Å². The number of carbonyl (C=O) groups is 9. The van der Waals surface area contributed by atoms with Gasteiger partial charge in [-0.1, -0.05) is 103 Å². The van der Waals surface area contributed by atoms with Gasteiger partial charge in [0, 0.05) is 53.8 Å². The van der Waals surface area contributed by atoms with Gasteiger partial charge in [-0.05, 0) is 75.0 Å². The number of esters is 1. The van der Waals surface area contributed by atoms with E-state index in [-0.39, 0.29) is 43.2 Å². The van der Waals surface area contributed by atoms with Crippen LogP contribution in [0.2, 0.25) is 0 Å². The van der Waals surface area contributed by atoms with Crippen molar-refractivity contribution in [2.75, 3.05) is 41.8 Å². The minimum absolute atomic E-state index is 0.0384. The van der Waals surface area contributed by atoms with Crippen molar-refractivity contribution >= 4 is 53.2 Å². The van der Waals surface area contributed by atoms with Crippen LogP contribution < -0.4 is 10.6 Å². The van der Waals surface area contributed by atoms with E-state index in [4.69, 9.17) is 4.74 Å². The van der Waals surface area contributed by atoms with Gasteiger partial charge >= 0.3 is 5.97 Å². The van der Waals surface area contributed by atoms with Crippen molar-refractivity contribution < 1.29 is 47.9 Å². The first kappa shape index (κ1) is 58.2. The zero-order chi connectivity index (χ0) is 54.0. The smallest absolute Gasteiger partial charge is 0.329 e. The Morgan fingerprint density at radius 3 is 1.78 bits per heavy atom. The molecule has 2 saturated heterocycles. The van der Waals surface area contributed by atoms with E-state index < -0.39 is 120 Å². The van der Waals surface area contributed by atoms with Crippen LogP contribution in [0.5, 0.6) is 0 Å². The fraction of sp³-hybridized carbons (Fsp3) is 0.611. The maximum absolute atomic E-state index is 15.0. The summed E-state index contributed by atoms with van der Waals surface area (Å²) in [5, 5.41) is 5.64. The van der Waals surface area contributed by atoms with E-state index in [9.17, 15) is 43.2 Å². The lowest BCUT2D eigenvalue weighted by Crippen LogP contribution is -2.61. The predicted octanol–water partition coefficient (Wildman–Crippen LogP) is 3.62. The number of hydrogen-bond donors (Lipinski definition) is 2. The molecule has 2 heterocycles. The number of carbonyl (C=O) groups excluding carboxylic acids is 9. The van der Waals surface area contributed by atoms with Crippen LogP contribution in [0, 0.1) is 23.7 Å². The number of fused-ring (bicyclic) bond motifs is 1. The van der Waals surface area contributed by atoms with E-state index in [1.54, 1.807) is 63.2 Å². The zero-order valence-corrected chi connectivity index (χ0v) is 45.1. The minimum atomic E-state index is -1.55. The minimum Gasteiger partial charge on any atom is -0.458 e. The Labute approximate surface area is 426 Å². The first-order chi connectivity index (χ1) is 33.7. The lowest BCUT2D eigenvalue weighted by molar-refractivity contribution is -0.165. The van der Waals surface area contributed by atoms with Crippen molar-refractivity contribution in [3.8, 4) is 0 Å². The molecular formula is C54H80N8O10. The molecule has 2 N–H and O–H groups in total. The molecule has 11 atom stereocenters. The van der Waals surface area contributed by atoms with Crippen LogP contribution in [-0.2, 0) is 49.5 Å². The second-order valence-electron chi connectivity index (χ2n) is 20.8. The molecule has 0 spiro atoms.